The van der Waals surface area contributed by atoms with E-state index in [0.717, 1.165) is 11.1 Å². The second kappa shape index (κ2) is 14.6. The first-order chi connectivity index (χ1) is 20.1. The number of ether oxygens (including phenoxy) is 3. The lowest BCUT2D eigenvalue weighted by molar-refractivity contribution is -0.143. The van der Waals surface area contributed by atoms with Crippen LogP contribution in [0.2, 0.25) is 0 Å². The van der Waals surface area contributed by atoms with Gasteiger partial charge in [-0.3, -0.25) is 14.4 Å². The number of carboxylic acid groups (broad SMARTS) is 1. The van der Waals surface area contributed by atoms with Crippen LogP contribution in [-0.4, -0.2) is 56.8 Å². The summed E-state index contributed by atoms with van der Waals surface area (Å²) in [7, 11) is 4.62. The Balaban J connectivity index is 1.93. The second-order valence-corrected chi connectivity index (χ2v) is 10.4. The summed E-state index contributed by atoms with van der Waals surface area (Å²) in [6.07, 6.45) is 2.26. The van der Waals surface area contributed by atoms with Crippen molar-refractivity contribution in [3.63, 3.8) is 0 Å². The van der Waals surface area contributed by atoms with Gasteiger partial charge in [0.25, 0.3) is 0 Å². The Kier molecular flexibility index (Phi) is 11.2. The average molecular weight is 584 g/mol. The molecular formula is C31H41N3O8. The number of methoxy groups -OCH3 is 3. The lowest BCUT2D eigenvalue weighted by Crippen LogP contribution is -2.45. The highest BCUT2D eigenvalue weighted by molar-refractivity contribution is 5.84. The molecule has 11 nitrogen and oxygen atoms in total. The van der Waals surface area contributed by atoms with Crippen LogP contribution in [-0.2, 0) is 20.8 Å². The van der Waals surface area contributed by atoms with Crippen LogP contribution in [0.1, 0.15) is 63.6 Å². The molecule has 1 aliphatic rings. The van der Waals surface area contributed by atoms with E-state index in [9.17, 15) is 24.3 Å². The van der Waals surface area contributed by atoms with Crippen molar-refractivity contribution < 1.29 is 33.7 Å². The number of carboxylic acids is 1. The molecule has 2 aromatic rings. The van der Waals surface area contributed by atoms with Gasteiger partial charge in [0.05, 0.1) is 33.1 Å². The Hall–Kier alpha value is -4.28. The van der Waals surface area contributed by atoms with Crippen LogP contribution in [0, 0.1) is 5.92 Å². The van der Waals surface area contributed by atoms with Gasteiger partial charge in [-0.2, -0.15) is 0 Å². The molecule has 2 aromatic carbocycles. The number of nitrogens with one attached hydrogen (secondary N) is 3. The molecule has 228 valence electrons. The van der Waals surface area contributed by atoms with Crippen molar-refractivity contribution in [3.8, 4) is 28.4 Å². The monoisotopic (exact) mass is 583 g/mol. The van der Waals surface area contributed by atoms with Crippen molar-refractivity contribution in [2.75, 3.05) is 33.2 Å². The minimum absolute atomic E-state index is 0.105. The molecule has 0 fully saturated rings. The number of carbonyl (C=O) groups is 3. The zero-order chi connectivity index (χ0) is 31.0. The largest absolute Gasteiger partial charge is 0.493 e. The maximum absolute atomic E-state index is 13.4. The first-order valence-electron chi connectivity index (χ1n) is 14.1. The second-order valence-electron chi connectivity index (χ2n) is 10.4. The van der Waals surface area contributed by atoms with Crippen molar-refractivity contribution in [2.45, 2.75) is 65.0 Å². The van der Waals surface area contributed by atoms with Crippen LogP contribution >= 0.6 is 0 Å². The van der Waals surface area contributed by atoms with Crippen molar-refractivity contribution >= 4 is 23.5 Å². The summed E-state index contributed by atoms with van der Waals surface area (Å²) in [6, 6.07) is 5.56. The van der Waals surface area contributed by atoms with Crippen molar-refractivity contribution in [3.05, 3.63) is 45.6 Å². The fourth-order valence-corrected chi connectivity index (χ4v) is 5.25. The highest BCUT2D eigenvalue weighted by Gasteiger charge is 2.29. The third-order valence-corrected chi connectivity index (χ3v) is 7.61. The van der Waals surface area contributed by atoms with E-state index in [-0.39, 0.29) is 29.6 Å². The Labute approximate surface area is 245 Å². The molecule has 4 N–H and O–H groups in total. The first-order valence-corrected chi connectivity index (χ1v) is 14.1. The molecule has 0 unspecified atom stereocenters. The van der Waals surface area contributed by atoms with E-state index >= 15 is 0 Å². The number of anilines is 1. The quantitative estimate of drug-likeness (QED) is 0.259. The van der Waals surface area contributed by atoms with Crippen LogP contribution in [0.5, 0.6) is 17.2 Å². The molecule has 0 heterocycles. The molecule has 42 heavy (non-hydrogen) atoms. The third kappa shape index (κ3) is 7.32. The van der Waals surface area contributed by atoms with Gasteiger partial charge in [-0.25, -0.2) is 4.79 Å². The smallest absolute Gasteiger partial charge is 0.326 e. The van der Waals surface area contributed by atoms with E-state index in [0.29, 0.717) is 66.3 Å². The molecule has 0 spiro atoms. The van der Waals surface area contributed by atoms with Crippen LogP contribution in [0.3, 0.4) is 0 Å². The molecule has 0 aromatic heterocycles. The van der Waals surface area contributed by atoms with Gasteiger partial charge in [0.2, 0.25) is 23.0 Å². The number of aliphatic carboxylic acids is 1. The minimum Gasteiger partial charge on any atom is -0.493 e. The van der Waals surface area contributed by atoms with E-state index in [2.05, 4.69) is 16.0 Å². The van der Waals surface area contributed by atoms with Gasteiger partial charge in [-0.15, -0.1) is 0 Å². The molecular weight excluding hydrogens is 542 g/mol. The van der Waals surface area contributed by atoms with E-state index in [4.69, 9.17) is 14.2 Å². The lowest BCUT2D eigenvalue weighted by atomic mass is 9.95. The zero-order valence-electron chi connectivity index (χ0n) is 25.1. The Morgan fingerprint density at radius 2 is 1.79 bits per heavy atom. The minimum atomic E-state index is -1.06. The van der Waals surface area contributed by atoms with Gasteiger partial charge in [-0.1, -0.05) is 26.3 Å². The van der Waals surface area contributed by atoms with Crippen molar-refractivity contribution in [2.24, 2.45) is 5.92 Å². The zero-order valence-corrected chi connectivity index (χ0v) is 25.1. The number of hydrogen-bond acceptors (Lipinski definition) is 8. The number of benzene rings is 1. The van der Waals surface area contributed by atoms with Gasteiger partial charge < -0.3 is 35.3 Å². The molecule has 0 saturated heterocycles. The van der Waals surface area contributed by atoms with E-state index in [1.54, 1.807) is 27.2 Å². The topological polar surface area (TPSA) is 152 Å². The predicted octanol–water partition coefficient (Wildman–Crippen LogP) is 3.67. The van der Waals surface area contributed by atoms with Crippen LogP contribution in [0.4, 0.5) is 5.69 Å². The molecule has 2 amide bonds. The molecule has 0 bridgehead atoms. The summed E-state index contributed by atoms with van der Waals surface area (Å²) < 4.78 is 17.0. The molecule has 3 rings (SSSR count). The fourth-order valence-electron chi connectivity index (χ4n) is 5.25. The van der Waals surface area contributed by atoms with Gasteiger partial charge in [0, 0.05) is 25.5 Å². The van der Waals surface area contributed by atoms with Crippen LogP contribution < -0.4 is 35.6 Å². The number of amides is 2. The maximum atomic E-state index is 13.4. The van der Waals surface area contributed by atoms with Gasteiger partial charge >= 0.3 is 5.97 Å². The maximum Gasteiger partial charge on any atom is 0.326 e. The first kappa shape index (κ1) is 32.2. The SMILES string of the molecule is CC[C@H](C)[C@@H](NC(=O)CCCNc1ccc2c(cc1=O)[C@H](NC(C)=O)CCc1cc(OC)c(OC)c(OC)c1-2)C(=O)O. The van der Waals surface area contributed by atoms with E-state index < -0.39 is 18.1 Å². The molecule has 0 aliphatic heterocycles. The molecule has 11 heteroatoms. The Morgan fingerprint density at radius 1 is 1.07 bits per heavy atom. The van der Waals surface area contributed by atoms with Crippen LogP contribution in [0.15, 0.2) is 29.1 Å². The molecule has 0 saturated carbocycles. The van der Waals surface area contributed by atoms with Gasteiger partial charge in [0.1, 0.15) is 6.04 Å². The number of carbonyl (C=O) groups excluding carboxylic acids is 2. The number of fused-ring (bicyclic) bond motifs is 3. The summed E-state index contributed by atoms with van der Waals surface area (Å²) in [5.41, 5.74) is 3.10. The highest BCUT2D eigenvalue weighted by Crippen LogP contribution is 2.50. The number of rotatable bonds is 13. The summed E-state index contributed by atoms with van der Waals surface area (Å²) in [5, 5.41) is 18.1. The normalized spacial score (nSPS) is 15.1. The summed E-state index contributed by atoms with van der Waals surface area (Å²) in [4.78, 5) is 49.4. The predicted molar refractivity (Wildman–Crippen MR) is 159 cm³/mol. The standard InChI is InChI=1S/C31H41N3O8/c1-7-17(2)28(31(38)39)34-26(37)9-8-14-32-23-13-11-20-21(16-24(23)36)22(33-18(3)35)12-10-19-15-25(40-4)29(41-5)30(42-6)27(19)20/h11,13,15-17,22,28H,7-10,12,14H2,1-6H3,(H,32,36)(H,33,35)(H,34,37)(H,38,39)/t17-,22+,28+/m0/s1. The summed E-state index contributed by atoms with van der Waals surface area (Å²) in [5.74, 6) is -0.424. The van der Waals surface area contributed by atoms with Gasteiger partial charge in [-0.05, 0) is 60.1 Å². The van der Waals surface area contributed by atoms with Crippen molar-refractivity contribution in [1.29, 1.82) is 0 Å². The van der Waals surface area contributed by atoms with Crippen molar-refractivity contribution in [1.82, 2.24) is 10.6 Å². The van der Waals surface area contributed by atoms with Crippen LogP contribution in [0.25, 0.3) is 11.1 Å². The molecule has 1 aliphatic carbocycles. The van der Waals surface area contributed by atoms with E-state index in [1.807, 2.05) is 19.1 Å². The summed E-state index contributed by atoms with van der Waals surface area (Å²) in [6.45, 7) is 5.41. The Bertz CT molecular complexity index is 1380. The van der Waals surface area contributed by atoms with E-state index in [1.165, 1.54) is 20.1 Å². The molecule has 3 atom stereocenters. The number of hydrogen-bond donors (Lipinski definition) is 4. The Morgan fingerprint density at radius 3 is 2.38 bits per heavy atom. The summed E-state index contributed by atoms with van der Waals surface area (Å²) >= 11 is 0. The average Bonchev–Trinajstić information content (AvgIpc) is 3.20. The highest BCUT2D eigenvalue weighted by atomic mass is 16.5. The molecule has 0 radical (unpaired) electrons. The fraction of sp³-hybridized carbons (Fsp3) is 0.484. The number of aryl methyl sites for hydroxylation is 1. The third-order valence-electron chi connectivity index (χ3n) is 7.61. The van der Waals surface area contributed by atoms with Gasteiger partial charge in [0.15, 0.2) is 11.5 Å². The lowest BCUT2D eigenvalue weighted by Gasteiger charge is -2.20.